The molecule has 0 saturated heterocycles. The van der Waals surface area contributed by atoms with Crippen LogP contribution in [0.4, 0.5) is 0 Å². The summed E-state index contributed by atoms with van der Waals surface area (Å²) in [6.07, 6.45) is 2.23. The molecular formula is C16H22N2O5S. The normalized spacial score (nSPS) is 15.6. The van der Waals surface area contributed by atoms with Crippen LogP contribution in [0.15, 0.2) is 29.2 Å². The minimum absolute atomic E-state index is 0.0666. The maximum absolute atomic E-state index is 11.9. The number of nitrogens with one attached hydrogen (secondary N) is 2. The molecule has 1 saturated carbocycles. The summed E-state index contributed by atoms with van der Waals surface area (Å²) in [4.78, 5) is 23.7. The average molecular weight is 354 g/mol. The summed E-state index contributed by atoms with van der Waals surface area (Å²) in [5.41, 5.74) is 0.188. The van der Waals surface area contributed by atoms with Gasteiger partial charge >= 0.3 is 5.97 Å². The Bertz CT molecular complexity index is 696. The fourth-order valence-electron chi connectivity index (χ4n) is 2.27. The number of esters is 1. The van der Waals surface area contributed by atoms with Crippen molar-refractivity contribution < 1.29 is 22.7 Å². The fourth-order valence-corrected chi connectivity index (χ4v) is 3.31. The zero-order chi connectivity index (χ0) is 17.7. The van der Waals surface area contributed by atoms with E-state index in [1.54, 1.807) is 6.92 Å². The molecule has 2 N–H and O–H groups in total. The topological polar surface area (TPSA) is 102 Å². The molecule has 0 bridgehead atoms. The number of sulfonamides is 1. The van der Waals surface area contributed by atoms with Crippen LogP contribution in [0.2, 0.25) is 0 Å². The van der Waals surface area contributed by atoms with E-state index in [1.807, 2.05) is 6.92 Å². The van der Waals surface area contributed by atoms with Gasteiger partial charge in [-0.05, 0) is 49.9 Å². The highest BCUT2D eigenvalue weighted by molar-refractivity contribution is 7.89. The first-order valence-corrected chi connectivity index (χ1v) is 9.38. The van der Waals surface area contributed by atoms with E-state index in [4.69, 9.17) is 4.74 Å². The van der Waals surface area contributed by atoms with Crippen LogP contribution in [0.3, 0.4) is 0 Å². The third kappa shape index (κ3) is 5.04. The van der Waals surface area contributed by atoms with Crippen LogP contribution in [0.5, 0.6) is 0 Å². The third-order valence-corrected chi connectivity index (χ3v) is 5.35. The third-order valence-electron chi connectivity index (χ3n) is 3.79. The average Bonchev–Trinajstić information content (AvgIpc) is 3.37. The molecule has 0 radical (unpaired) electrons. The molecule has 1 atom stereocenters. The number of hydrogen-bond donors (Lipinski definition) is 2. The van der Waals surface area contributed by atoms with E-state index >= 15 is 0 Å². The highest BCUT2D eigenvalue weighted by atomic mass is 32.2. The van der Waals surface area contributed by atoms with Crippen LogP contribution in [0, 0.1) is 5.92 Å². The summed E-state index contributed by atoms with van der Waals surface area (Å²) in [5, 5.41) is 2.79. The van der Waals surface area contributed by atoms with Gasteiger partial charge in [0.2, 0.25) is 10.0 Å². The summed E-state index contributed by atoms with van der Waals surface area (Å²) >= 11 is 0. The van der Waals surface area contributed by atoms with Crippen LogP contribution in [-0.4, -0.2) is 39.5 Å². The maximum Gasteiger partial charge on any atom is 0.338 e. The monoisotopic (exact) mass is 354 g/mol. The first-order valence-electron chi connectivity index (χ1n) is 7.89. The molecule has 0 unspecified atom stereocenters. The second kappa shape index (κ2) is 7.76. The minimum Gasteiger partial charge on any atom is -0.452 e. The lowest BCUT2D eigenvalue weighted by molar-refractivity contribution is -0.124. The van der Waals surface area contributed by atoms with Crippen LogP contribution in [0.25, 0.3) is 0 Å². The quantitative estimate of drug-likeness (QED) is 0.680. The molecule has 0 spiro atoms. The van der Waals surface area contributed by atoms with Crippen molar-refractivity contribution in [3.63, 3.8) is 0 Å². The van der Waals surface area contributed by atoms with Gasteiger partial charge in [0.15, 0.2) is 6.61 Å². The first-order chi connectivity index (χ1) is 11.3. The van der Waals surface area contributed by atoms with Crippen molar-refractivity contribution in [3.8, 4) is 0 Å². The van der Waals surface area contributed by atoms with E-state index in [0.717, 1.165) is 12.8 Å². The Kier molecular flexibility index (Phi) is 5.95. The number of carbonyl (C=O) groups excluding carboxylic acids is 2. The SMILES string of the molecule is CCNS(=O)(=O)c1ccc(C(=O)OCC(=O)N[C@H](C)C2CC2)cc1. The second-order valence-corrected chi connectivity index (χ2v) is 7.56. The Balaban J connectivity index is 1.87. The Morgan fingerprint density at radius 3 is 2.42 bits per heavy atom. The second-order valence-electron chi connectivity index (χ2n) is 5.80. The van der Waals surface area contributed by atoms with E-state index in [-0.39, 0.29) is 35.6 Å². The Labute approximate surface area is 141 Å². The van der Waals surface area contributed by atoms with Gasteiger partial charge in [0, 0.05) is 12.6 Å². The van der Waals surface area contributed by atoms with E-state index in [1.165, 1.54) is 24.3 Å². The summed E-state index contributed by atoms with van der Waals surface area (Å²) in [5.74, 6) is -0.485. The predicted octanol–water partition coefficient (Wildman–Crippen LogP) is 1.06. The van der Waals surface area contributed by atoms with Gasteiger partial charge in [-0.2, -0.15) is 0 Å². The molecule has 132 valence electrons. The van der Waals surface area contributed by atoms with Gasteiger partial charge in [0.05, 0.1) is 10.5 Å². The van der Waals surface area contributed by atoms with E-state index in [0.29, 0.717) is 5.92 Å². The van der Waals surface area contributed by atoms with Crippen LogP contribution >= 0.6 is 0 Å². The van der Waals surface area contributed by atoms with Crippen molar-refractivity contribution >= 4 is 21.9 Å². The standard InChI is InChI=1S/C16H22N2O5S/c1-3-17-24(21,22)14-8-6-13(7-9-14)16(20)23-10-15(19)18-11(2)12-4-5-12/h6-9,11-12,17H,3-5,10H2,1-2H3,(H,18,19)/t11-/m1/s1. The molecule has 1 amide bonds. The van der Waals surface area contributed by atoms with E-state index < -0.39 is 16.0 Å². The molecule has 24 heavy (non-hydrogen) atoms. The fraction of sp³-hybridized carbons (Fsp3) is 0.500. The molecule has 0 aliphatic heterocycles. The number of hydrogen-bond acceptors (Lipinski definition) is 5. The van der Waals surface area contributed by atoms with Crippen LogP contribution in [0.1, 0.15) is 37.0 Å². The van der Waals surface area contributed by atoms with E-state index in [9.17, 15) is 18.0 Å². The molecule has 1 fully saturated rings. The maximum atomic E-state index is 11.9. The van der Waals surface area contributed by atoms with Gasteiger partial charge in [-0.25, -0.2) is 17.9 Å². The molecule has 7 nitrogen and oxygen atoms in total. The molecule has 1 aliphatic carbocycles. The van der Waals surface area contributed by atoms with Crippen LogP contribution in [-0.2, 0) is 19.6 Å². The number of ether oxygens (including phenoxy) is 1. The molecule has 1 aromatic carbocycles. The van der Waals surface area contributed by atoms with Crippen LogP contribution < -0.4 is 10.0 Å². The summed E-state index contributed by atoms with van der Waals surface area (Å²) in [6, 6.07) is 5.45. The zero-order valence-electron chi connectivity index (χ0n) is 13.7. The van der Waals surface area contributed by atoms with Crippen molar-refractivity contribution in [2.45, 2.75) is 37.6 Å². The van der Waals surface area contributed by atoms with Gasteiger partial charge in [-0.3, -0.25) is 4.79 Å². The van der Waals surface area contributed by atoms with Gasteiger partial charge in [0.25, 0.3) is 5.91 Å². The summed E-state index contributed by atoms with van der Waals surface area (Å²) in [7, 11) is -3.56. The minimum atomic E-state index is -3.56. The van der Waals surface area contributed by atoms with Gasteiger partial charge < -0.3 is 10.1 Å². The number of benzene rings is 1. The molecule has 1 aliphatic rings. The Hall–Kier alpha value is -1.93. The molecule has 1 aromatic rings. The number of amides is 1. The lowest BCUT2D eigenvalue weighted by Crippen LogP contribution is -2.37. The van der Waals surface area contributed by atoms with Gasteiger partial charge in [-0.15, -0.1) is 0 Å². The number of carbonyl (C=O) groups is 2. The van der Waals surface area contributed by atoms with Crippen molar-refractivity contribution in [2.24, 2.45) is 5.92 Å². The van der Waals surface area contributed by atoms with Crippen molar-refractivity contribution in [3.05, 3.63) is 29.8 Å². The van der Waals surface area contributed by atoms with Crippen molar-refractivity contribution in [2.75, 3.05) is 13.2 Å². The molecule has 0 heterocycles. The number of rotatable bonds is 8. The first kappa shape index (κ1) is 18.4. The van der Waals surface area contributed by atoms with Gasteiger partial charge in [-0.1, -0.05) is 6.92 Å². The molecule has 8 heteroatoms. The molecular weight excluding hydrogens is 332 g/mol. The van der Waals surface area contributed by atoms with Crippen molar-refractivity contribution in [1.82, 2.24) is 10.0 Å². The Morgan fingerprint density at radius 2 is 1.88 bits per heavy atom. The lowest BCUT2D eigenvalue weighted by atomic mass is 10.2. The largest absolute Gasteiger partial charge is 0.452 e. The summed E-state index contributed by atoms with van der Waals surface area (Å²) in [6.45, 7) is 3.53. The van der Waals surface area contributed by atoms with Crippen molar-refractivity contribution in [1.29, 1.82) is 0 Å². The lowest BCUT2D eigenvalue weighted by Gasteiger charge is -2.12. The smallest absolute Gasteiger partial charge is 0.338 e. The summed E-state index contributed by atoms with van der Waals surface area (Å²) < 4.78 is 30.9. The zero-order valence-corrected chi connectivity index (χ0v) is 14.6. The molecule has 0 aromatic heterocycles. The molecule has 2 rings (SSSR count). The highest BCUT2D eigenvalue weighted by Gasteiger charge is 2.29. The Morgan fingerprint density at radius 1 is 1.25 bits per heavy atom. The highest BCUT2D eigenvalue weighted by Crippen LogP contribution is 2.32. The van der Waals surface area contributed by atoms with Gasteiger partial charge in [0.1, 0.15) is 0 Å². The van der Waals surface area contributed by atoms with E-state index in [2.05, 4.69) is 10.0 Å². The predicted molar refractivity (Wildman–Crippen MR) is 87.9 cm³/mol.